The van der Waals surface area contributed by atoms with Crippen molar-refractivity contribution in [3.63, 3.8) is 0 Å². The van der Waals surface area contributed by atoms with Crippen LogP contribution in [0.15, 0.2) is 131 Å². The van der Waals surface area contributed by atoms with Crippen molar-refractivity contribution < 1.29 is 0 Å². The highest BCUT2D eigenvalue weighted by Crippen LogP contribution is 2.21. The maximum atomic E-state index is 4.79. The SMILES string of the molecule is C/C1=C/C(C)=N/c2ccc(cc2)Cc2ccc(cc2)/N=C(C)/C=C(/C)Nc2ccc(cc2)Cc2ccc(cc2)N1. The van der Waals surface area contributed by atoms with Crippen LogP contribution in [-0.2, 0) is 12.8 Å². The van der Waals surface area contributed by atoms with E-state index in [9.17, 15) is 0 Å². The van der Waals surface area contributed by atoms with Crippen LogP contribution in [0, 0.1) is 0 Å². The predicted molar refractivity (Wildman–Crippen MR) is 172 cm³/mol. The van der Waals surface area contributed by atoms with Gasteiger partial charge in [-0.25, -0.2) is 0 Å². The summed E-state index contributed by atoms with van der Waals surface area (Å²) in [5.41, 5.74) is 13.1. The third kappa shape index (κ3) is 7.67. The third-order valence-electron chi connectivity index (χ3n) is 6.74. The molecule has 4 nitrogen and oxygen atoms in total. The van der Waals surface area contributed by atoms with Crippen LogP contribution in [-0.4, -0.2) is 11.4 Å². The molecule has 4 heteroatoms. The van der Waals surface area contributed by atoms with Crippen LogP contribution in [0.1, 0.15) is 49.9 Å². The van der Waals surface area contributed by atoms with Crippen LogP contribution in [0.3, 0.4) is 0 Å². The Balaban J connectivity index is 1.43. The van der Waals surface area contributed by atoms with Gasteiger partial charge in [0, 0.05) is 34.2 Å². The van der Waals surface area contributed by atoms with E-state index in [1.807, 2.05) is 13.8 Å². The van der Waals surface area contributed by atoms with Crippen molar-refractivity contribution in [3.05, 3.63) is 143 Å². The predicted octanol–water partition coefficient (Wildman–Crippen LogP) is 9.40. The van der Waals surface area contributed by atoms with Crippen molar-refractivity contribution >= 4 is 34.2 Å². The average Bonchev–Trinajstić information content (AvgIpc) is 2.92. The summed E-state index contributed by atoms with van der Waals surface area (Å²) >= 11 is 0. The first-order chi connectivity index (χ1) is 19.4. The lowest BCUT2D eigenvalue weighted by Crippen LogP contribution is -1.99. The Morgan fingerprint density at radius 3 is 1.05 bits per heavy atom. The van der Waals surface area contributed by atoms with Crippen molar-refractivity contribution in [1.82, 2.24) is 0 Å². The minimum absolute atomic E-state index is 0.870. The highest BCUT2D eigenvalue weighted by Gasteiger charge is 2.02. The van der Waals surface area contributed by atoms with Gasteiger partial charge in [-0.2, -0.15) is 0 Å². The second kappa shape index (κ2) is 12.4. The average molecular weight is 525 g/mol. The van der Waals surface area contributed by atoms with Crippen LogP contribution in [0.25, 0.3) is 0 Å². The molecule has 0 spiro atoms. The number of nitrogens with zero attached hydrogens (tertiary/aromatic N) is 2. The third-order valence-corrected chi connectivity index (χ3v) is 6.74. The normalized spacial score (nSPS) is 19.5. The van der Waals surface area contributed by atoms with Crippen molar-refractivity contribution in [2.45, 2.75) is 40.5 Å². The smallest absolute Gasteiger partial charge is 0.0633 e. The van der Waals surface area contributed by atoms with E-state index in [2.05, 4.69) is 134 Å². The molecule has 0 unspecified atom stereocenters. The van der Waals surface area contributed by atoms with Gasteiger partial charge in [0.2, 0.25) is 0 Å². The number of benzene rings is 4. The van der Waals surface area contributed by atoms with Crippen LogP contribution in [0.2, 0.25) is 0 Å². The molecule has 40 heavy (non-hydrogen) atoms. The largest absolute Gasteiger partial charge is 0.359 e. The van der Waals surface area contributed by atoms with Gasteiger partial charge in [-0.3, -0.25) is 9.98 Å². The van der Waals surface area contributed by atoms with E-state index >= 15 is 0 Å². The van der Waals surface area contributed by atoms with E-state index in [1.54, 1.807) is 0 Å². The number of aliphatic imine (C=N–C) groups is 2. The fourth-order valence-electron chi connectivity index (χ4n) is 4.89. The second-order valence-corrected chi connectivity index (χ2v) is 10.5. The van der Waals surface area contributed by atoms with Gasteiger partial charge < -0.3 is 10.6 Å². The van der Waals surface area contributed by atoms with Gasteiger partial charge in [0.15, 0.2) is 0 Å². The Kier molecular flexibility index (Phi) is 8.36. The first-order valence-corrected chi connectivity index (χ1v) is 13.7. The van der Waals surface area contributed by atoms with Gasteiger partial charge in [-0.15, -0.1) is 0 Å². The molecule has 7 heterocycles. The number of allylic oxidation sites excluding steroid dienone is 4. The summed E-state index contributed by atoms with van der Waals surface area (Å²) in [4.78, 5) is 9.58. The summed E-state index contributed by atoms with van der Waals surface area (Å²) in [6.45, 7) is 8.20. The van der Waals surface area contributed by atoms with Gasteiger partial charge >= 0.3 is 0 Å². The van der Waals surface area contributed by atoms with Crippen molar-refractivity contribution in [2.75, 3.05) is 10.6 Å². The fraction of sp³-hybridized carbons (Fsp3) is 0.167. The highest BCUT2D eigenvalue weighted by molar-refractivity contribution is 5.96. The highest BCUT2D eigenvalue weighted by atomic mass is 14.9. The fourth-order valence-corrected chi connectivity index (χ4v) is 4.89. The molecular formula is C36H36N4. The number of hydrogen-bond donors (Lipinski definition) is 2. The lowest BCUT2D eigenvalue weighted by atomic mass is 10.0. The van der Waals surface area contributed by atoms with Gasteiger partial charge in [0.05, 0.1) is 11.4 Å². The minimum Gasteiger partial charge on any atom is -0.359 e. The molecule has 0 aliphatic carbocycles. The Hall–Kier alpha value is -4.70. The molecule has 0 radical (unpaired) electrons. The Morgan fingerprint density at radius 1 is 0.425 bits per heavy atom. The van der Waals surface area contributed by atoms with Gasteiger partial charge in [-0.05, 0) is 123 Å². The summed E-state index contributed by atoms with van der Waals surface area (Å²) in [7, 11) is 0. The number of rotatable bonds is 0. The molecule has 7 aliphatic heterocycles. The van der Waals surface area contributed by atoms with Crippen LogP contribution >= 0.6 is 0 Å². The molecule has 0 atom stereocenters. The second-order valence-electron chi connectivity index (χ2n) is 10.5. The molecule has 0 aromatic heterocycles. The maximum absolute atomic E-state index is 4.79. The topological polar surface area (TPSA) is 48.8 Å². The van der Waals surface area contributed by atoms with Crippen LogP contribution in [0.5, 0.6) is 0 Å². The molecule has 8 bridgehead atoms. The molecule has 2 N–H and O–H groups in total. The molecule has 7 aliphatic rings. The van der Waals surface area contributed by atoms with Crippen molar-refractivity contribution in [2.24, 2.45) is 9.98 Å². The molecule has 0 saturated heterocycles. The summed E-state index contributed by atoms with van der Waals surface area (Å²) in [5, 5.41) is 6.97. The first kappa shape index (κ1) is 26.9. The molecule has 0 saturated carbocycles. The maximum Gasteiger partial charge on any atom is 0.0633 e. The Morgan fingerprint density at radius 2 is 0.725 bits per heavy atom. The lowest BCUT2D eigenvalue weighted by Gasteiger charge is -2.10. The Bertz CT molecular complexity index is 1450. The minimum atomic E-state index is 0.870. The quantitative estimate of drug-likeness (QED) is 0.241. The number of nitrogens with one attached hydrogen (secondary N) is 2. The summed E-state index contributed by atoms with van der Waals surface area (Å²) in [6.07, 6.45) is 5.92. The number of hydrogen-bond acceptors (Lipinski definition) is 4. The van der Waals surface area contributed by atoms with Gasteiger partial charge in [-0.1, -0.05) is 48.5 Å². The van der Waals surface area contributed by atoms with Crippen LogP contribution in [0.4, 0.5) is 22.7 Å². The summed E-state index contributed by atoms with van der Waals surface area (Å²) in [6, 6.07) is 34.2. The van der Waals surface area contributed by atoms with E-state index in [-0.39, 0.29) is 0 Å². The van der Waals surface area contributed by atoms with Gasteiger partial charge in [0.25, 0.3) is 0 Å². The standard InChI is InChI=1S/C36H36N4/c1-25-21-26(2)38-34-15-7-30(8-16-34)24-32-11-19-36(20-12-32)40-28(4)22-27(3)39-35-17-9-31(10-18-35)23-29-5-13-33(37-25)14-6-29/h5-22,37,39H,23-24H2,1-4H3/b25-21-,27-22-,38-26+,40-28+. The lowest BCUT2D eigenvalue weighted by molar-refractivity contribution is 1.19. The molecular weight excluding hydrogens is 488 g/mol. The van der Waals surface area contributed by atoms with Crippen LogP contribution < -0.4 is 10.6 Å². The zero-order chi connectivity index (χ0) is 27.9. The van der Waals surface area contributed by atoms with E-state index in [0.29, 0.717) is 0 Å². The molecule has 200 valence electrons. The van der Waals surface area contributed by atoms with Gasteiger partial charge in [0.1, 0.15) is 0 Å². The molecule has 0 amide bonds. The zero-order valence-corrected chi connectivity index (χ0v) is 23.7. The zero-order valence-electron chi connectivity index (χ0n) is 23.7. The Labute approximate surface area is 237 Å². The molecule has 11 rings (SSSR count). The monoisotopic (exact) mass is 524 g/mol. The van der Waals surface area contributed by atoms with Crippen molar-refractivity contribution in [1.29, 1.82) is 0 Å². The summed E-state index contributed by atoms with van der Waals surface area (Å²) < 4.78 is 0. The van der Waals surface area contributed by atoms with E-state index in [0.717, 1.165) is 58.4 Å². The number of anilines is 2. The molecule has 0 fully saturated rings. The molecule has 4 aromatic carbocycles. The van der Waals surface area contributed by atoms with E-state index in [4.69, 9.17) is 9.98 Å². The van der Waals surface area contributed by atoms with E-state index in [1.165, 1.54) is 22.3 Å². The summed E-state index contributed by atoms with van der Waals surface area (Å²) in [5.74, 6) is 0. The first-order valence-electron chi connectivity index (χ1n) is 13.7. The van der Waals surface area contributed by atoms with E-state index < -0.39 is 0 Å². The molecule has 4 aromatic rings. The van der Waals surface area contributed by atoms with Crippen molar-refractivity contribution in [3.8, 4) is 0 Å².